The van der Waals surface area contributed by atoms with Crippen LogP contribution in [0.3, 0.4) is 0 Å². The summed E-state index contributed by atoms with van der Waals surface area (Å²) in [5, 5.41) is 22.0. The fourth-order valence-corrected chi connectivity index (χ4v) is 2.07. The quantitative estimate of drug-likeness (QED) is 0.447. The lowest BCUT2D eigenvalue weighted by Gasteiger charge is -1.95. The number of amides is 1. The molecule has 8 nitrogen and oxygen atoms in total. The van der Waals surface area contributed by atoms with Crippen molar-refractivity contribution in [1.82, 2.24) is 9.97 Å². The van der Waals surface area contributed by atoms with Crippen molar-refractivity contribution in [2.75, 3.05) is 11.9 Å². The maximum Gasteiger partial charge on any atom is 0.321 e. The monoisotopic (exact) mass is 306 g/mol. The molecule has 2 aromatic rings. The zero-order valence-corrected chi connectivity index (χ0v) is 11.4. The van der Waals surface area contributed by atoms with E-state index in [1.807, 2.05) is 0 Å². The summed E-state index contributed by atoms with van der Waals surface area (Å²) >= 11 is 1.17. The van der Waals surface area contributed by atoms with Crippen LogP contribution in [0.1, 0.15) is 21.8 Å². The number of thiazole rings is 1. The van der Waals surface area contributed by atoms with Gasteiger partial charge in [0.2, 0.25) is 0 Å². The summed E-state index contributed by atoms with van der Waals surface area (Å²) in [5.74, 6) is 4.76. The molecule has 0 aromatic carbocycles. The lowest BCUT2D eigenvalue weighted by atomic mass is 10.4. The Morgan fingerprint density at radius 1 is 1.57 bits per heavy atom. The molecule has 0 unspecified atom stereocenters. The maximum atomic E-state index is 11.9. The van der Waals surface area contributed by atoms with Crippen LogP contribution in [0.2, 0.25) is 0 Å². The molecule has 21 heavy (non-hydrogen) atoms. The Hall–Kier alpha value is -2.70. The minimum absolute atomic E-state index is 0.0129. The molecule has 0 atom stereocenters. The number of carbonyl (C=O) groups is 1. The summed E-state index contributed by atoms with van der Waals surface area (Å²) in [6, 6.07) is 2.53. The Balaban J connectivity index is 2.02. The Kier molecular flexibility index (Phi) is 4.65. The molecule has 0 radical (unpaired) electrons. The first-order valence-electron chi connectivity index (χ1n) is 5.80. The van der Waals surface area contributed by atoms with Crippen molar-refractivity contribution in [2.24, 2.45) is 0 Å². The smallest absolute Gasteiger partial charge is 0.321 e. The van der Waals surface area contributed by atoms with Gasteiger partial charge >= 0.3 is 5.82 Å². The first-order chi connectivity index (χ1) is 10.1. The summed E-state index contributed by atoms with van der Waals surface area (Å²) in [6.07, 6.45) is 1.87. The molecule has 2 aromatic heterocycles. The molecule has 0 aliphatic carbocycles. The molecule has 0 bridgehead atoms. The van der Waals surface area contributed by atoms with Gasteiger partial charge in [-0.1, -0.05) is 23.2 Å². The topological polar surface area (TPSA) is 121 Å². The predicted molar refractivity (Wildman–Crippen MR) is 76.1 cm³/mol. The second-order valence-corrected chi connectivity index (χ2v) is 4.80. The van der Waals surface area contributed by atoms with E-state index in [-0.39, 0.29) is 18.1 Å². The van der Waals surface area contributed by atoms with E-state index in [1.165, 1.54) is 29.7 Å². The van der Waals surface area contributed by atoms with E-state index in [4.69, 9.17) is 5.11 Å². The second kappa shape index (κ2) is 6.65. The molecule has 0 aliphatic rings. The average molecular weight is 306 g/mol. The van der Waals surface area contributed by atoms with E-state index in [0.29, 0.717) is 16.4 Å². The lowest BCUT2D eigenvalue weighted by Crippen LogP contribution is -2.12. The maximum absolute atomic E-state index is 11.9. The summed E-state index contributed by atoms with van der Waals surface area (Å²) in [4.78, 5) is 28.8. The number of rotatable bonds is 4. The molecular formula is C12H10N4O4S. The minimum atomic E-state index is -0.616. The number of aromatic nitrogens is 2. The minimum Gasteiger partial charge on any atom is -0.395 e. The fraction of sp³-hybridized carbons (Fsp3) is 0.167. The van der Waals surface area contributed by atoms with E-state index in [1.54, 1.807) is 0 Å². The van der Waals surface area contributed by atoms with Crippen molar-refractivity contribution < 1.29 is 14.8 Å². The molecule has 0 fully saturated rings. The Morgan fingerprint density at radius 2 is 2.38 bits per heavy atom. The van der Waals surface area contributed by atoms with Crippen LogP contribution in [0.4, 0.5) is 10.9 Å². The van der Waals surface area contributed by atoms with E-state index in [9.17, 15) is 14.9 Å². The van der Waals surface area contributed by atoms with E-state index < -0.39 is 10.8 Å². The standard InChI is InChI=1S/C12H10N4O4S/c17-6-2-1-3-8-7-13-12(21-8)15-11(18)9-4-5-10(14-9)16(19)20/h4-5,7,14,17H,2,6H2,(H,13,15,18). The van der Waals surface area contributed by atoms with Crippen LogP contribution in [-0.2, 0) is 0 Å². The van der Waals surface area contributed by atoms with Gasteiger partial charge < -0.3 is 15.2 Å². The first kappa shape index (κ1) is 14.7. The normalized spacial score (nSPS) is 9.76. The Bertz CT molecular complexity index is 725. The number of nitro groups is 1. The fourth-order valence-electron chi connectivity index (χ4n) is 1.38. The molecule has 3 N–H and O–H groups in total. The van der Waals surface area contributed by atoms with Crippen molar-refractivity contribution >= 4 is 28.2 Å². The van der Waals surface area contributed by atoms with Crippen molar-refractivity contribution in [2.45, 2.75) is 6.42 Å². The number of H-pyrrole nitrogens is 1. The molecule has 2 heterocycles. The highest BCUT2D eigenvalue weighted by Gasteiger charge is 2.16. The van der Waals surface area contributed by atoms with Crippen LogP contribution < -0.4 is 5.32 Å². The number of aliphatic hydroxyl groups is 1. The van der Waals surface area contributed by atoms with Crippen LogP contribution in [0.15, 0.2) is 18.3 Å². The number of nitrogens with one attached hydrogen (secondary N) is 2. The van der Waals surface area contributed by atoms with Crippen LogP contribution in [0.5, 0.6) is 0 Å². The second-order valence-electron chi connectivity index (χ2n) is 3.77. The summed E-state index contributed by atoms with van der Waals surface area (Å²) in [5.41, 5.74) is 0.0739. The number of aromatic amines is 1. The number of hydrogen-bond acceptors (Lipinski definition) is 6. The van der Waals surface area contributed by atoms with Gasteiger partial charge in [0.15, 0.2) is 10.8 Å². The van der Waals surface area contributed by atoms with Gasteiger partial charge in [0.25, 0.3) is 5.91 Å². The zero-order chi connectivity index (χ0) is 15.2. The molecule has 0 saturated carbocycles. The third-order valence-corrected chi connectivity index (χ3v) is 3.11. The molecule has 108 valence electrons. The highest BCUT2D eigenvalue weighted by molar-refractivity contribution is 7.16. The van der Waals surface area contributed by atoms with Gasteiger partial charge in [-0.2, -0.15) is 0 Å². The van der Waals surface area contributed by atoms with Gasteiger partial charge in [0.1, 0.15) is 0 Å². The van der Waals surface area contributed by atoms with Crippen molar-refractivity contribution in [3.05, 3.63) is 39.0 Å². The average Bonchev–Trinajstić information content (AvgIpc) is 3.08. The van der Waals surface area contributed by atoms with Gasteiger partial charge in [-0.25, -0.2) is 9.97 Å². The number of anilines is 1. The predicted octanol–water partition coefficient (Wildman–Crippen LogP) is 1.37. The van der Waals surface area contributed by atoms with Gasteiger partial charge in [-0.3, -0.25) is 10.1 Å². The largest absolute Gasteiger partial charge is 0.395 e. The first-order valence-corrected chi connectivity index (χ1v) is 6.62. The molecule has 0 spiro atoms. The van der Waals surface area contributed by atoms with Crippen LogP contribution in [-0.4, -0.2) is 32.5 Å². The van der Waals surface area contributed by atoms with Crippen molar-refractivity contribution in [3.63, 3.8) is 0 Å². The zero-order valence-electron chi connectivity index (χ0n) is 10.6. The third kappa shape index (κ3) is 3.88. The molecular weight excluding hydrogens is 296 g/mol. The van der Waals surface area contributed by atoms with Crippen molar-refractivity contribution in [1.29, 1.82) is 0 Å². The van der Waals surface area contributed by atoms with Crippen LogP contribution in [0, 0.1) is 22.0 Å². The molecule has 1 amide bonds. The highest BCUT2D eigenvalue weighted by atomic mass is 32.1. The lowest BCUT2D eigenvalue weighted by molar-refractivity contribution is -0.389. The number of nitrogens with zero attached hydrogens (tertiary/aromatic N) is 2. The van der Waals surface area contributed by atoms with Gasteiger partial charge in [0, 0.05) is 12.5 Å². The molecule has 0 saturated heterocycles. The van der Waals surface area contributed by atoms with Gasteiger partial charge in [-0.15, -0.1) is 0 Å². The SMILES string of the molecule is O=C(Nc1ncc(C#CCCO)s1)c1ccc([N+](=O)[O-])[nH]1. The summed E-state index contributed by atoms with van der Waals surface area (Å²) in [7, 11) is 0. The number of aliphatic hydroxyl groups excluding tert-OH is 1. The molecule has 0 aliphatic heterocycles. The highest BCUT2D eigenvalue weighted by Crippen LogP contribution is 2.18. The molecule has 2 rings (SSSR count). The van der Waals surface area contributed by atoms with Gasteiger partial charge in [0.05, 0.1) is 17.7 Å². The van der Waals surface area contributed by atoms with E-state index in [0.717, 1.165) is 0 Å². The summed E-state index contributed by atoms with van der Waals surface area (Å²) in [6.45, 7) is -0.0129. The summed E-state index contributed by atoms with van der Waals surface area (Å²) < 4.78 is 0. The van der Waals surface area contributed by atoms with Crippen LogP contribution in [0.25, 0.3) is 0 Å². The number of hydrogen-bond donors (Lipinski definition) is 3. The van der Waals surface area contributed by atoms with Gasteiger partial charge in [-0.05, 0) is 11.0 Å². The van der Waals surface area contributed by atoms with Crippen molar-refractivity contribution in [3.8, 4) is 11.8 Å². The Labute approximate surface area is 123 Å². The van der Waals surface area contributed by atoms with Crippen LogP contribution >= 0.6 is 11.3 Å². The molecule has 9 heteroatoms. The van der Waals surface area contributed by atoms with E-state index >= 15 is 0 Å². The number of carbonyl (C=O) groups excluding carboxylic acids is 1. The Morgan fingerprint density at radius 3 is 3.05 bits per heavy atom. The van der Waals surface area contributed by atoms with E-state index in [2.05, 4.69) is 27.1 Å². The third-order valence-electron chi connectivity index (χ3n) is 2.29.